The van der Waals surface area contributed by atoms with Crippen molar-refractivity contribution in [3.05, 3.63) is 47.3 Å². The van der Waals surface area contributed by atoms with E-state index in [1.54, 1.807) is 42.1 Å². The van der Waals surface area contributed by atoms with Crippen LogP contribution in [-0.2, 0) is 9.47 Å². The highest BCUT2D eigenvalue weighted by Gasteiger charge is 2.42. The lowest BCUT2D eigenvalue weighted by molar-refractivity contribution is -0.0323. The molecule has 3 rings (SSSR count). The van der Waals surface area contributed by atoms with E-state index in [2.05, 4.69) is 22.2 Å². The van der Waals surface area contributed by atoms with Gasteiger partial charge in [-0.2, -0.15) is 0 Å². The second kappa shape index (κ2) is 9.46. The van der Waals surface area contributed by atoms with Gasteiger partial charge in [-0.3, -0.25) is 14.5 Å². The van der Waals surface area contributed by atoms with Gasteiger partial charge in [0.05, 0.1) is 47.4 Å². The second-order valence-corrected chi connectivity index (χ2v) is 9.90. The molecular formula is C25H32N4O4. The molecule has 2 heterocycles. The van der Waals surface area contributed by atoms with Crippen molar-refractivity contribution >= 4 is 11.8 Å². The largest absolute Gasteiger partial charge is 0.373 e. The Bertz CT molecular complexity index is 1050. The van der Waals surface area contributed by atoms with E-state index in [-0.39, 0.29) is 30.6 Å². The van der Waals surface area contributed by atoms with Crippen molar-refractivity contribution in [2.45, 2.75) is 71.8 Å². The molecule has 0 aliphatic carbocycles. The summed E-state index contributed by atoms with van der Waals surface area (Å²) in [5, 5.41) is 8.34. The van der Waals surface area contributed by atoms with Crippen molar-refractivity contribution in [2.75, 3.05) is 13.2 Å². The molecule has 0 N–H and O–H groups in total. The highest BCUT2D eigenvalue weighted by atomic mass is 16.5. The maximum Gasteiger partial charge on any atom is 0.262 e. The van der Waals surface area contributed by atoms with E-state index >= 15 is 0 Å². The summed E-state index contributed by atoms with van der Waals surface area (Å²) in [4.78, 5) is 27.8. The SMILES string of the molecule is CC#C[C@@H](COC(C)(C)C)n1nncc1C(COC(C)(C)C)N1C(=O)c2ccccc2C1=O. The van der Waals surface area contributed by atoms with Crippen LogP contribution >= 0.6 is 0 Å². The summed E-state index contributed by atoms with van der Waals surface area (Å²) in [6, 6.07) is 5.64. The molecule has 0 saturated carbocycles. The molecular weight excluding hydrogens is 420 g/mol. The Labute approximate surface area is 195 Å². The monoisotopic (exact) mass is 452 g/mol. The van der Waals surface area contributed by atoms with Gasteiger partial charge in [-0.05, 0) is 60.6 Å². The summed E-state index contributed by atoms with van der Waals surface area (Å²) < 4.78 is 13.6. The molecule has 1 aromatic heterocycles. The lowest BCUT2D eigenvalue weighted by atomic mass is 10.1. The third-order valence-electron chi connectivity index (χ3n) is 5.04. The molecule has 0 radical (unpaired) electrons. The number of amides is 2. The first kappa shape index (κ1) is 24.6. The van der Waals surface area contributed by atoms with Crippen LogP contribution in [0.25, 0.3) is 0 Å². The number of rotatable bonds is 7. The van der Waals surface area contributed by atoms with Crippen molar-refractivity contribution in [1.82, 2.24) is 19.9 Å². The lowest BCUT2D eigenvalue weighted by Crippen LogP contribution is -2.40. The van der Waals surface area contributed by atoms with E-state index < -0.39 is 17.7 Å². The molecule has 8 nitrogen and oxygen atoms in total. The van der Waals surface area contributed by atoms with Crippen molar-refractivity contribution in [3.63, 3.8) is 0 Å². The van der Waals surface area contributed by atoms with Gasteiger partial charge in [0.1, 0.15) is 12.1 Å². The minimum atomic E-state index is -0.734. The Balaban J connectivity index is 2.03. The number of ether oxygens (including phenoxy) is 2. The molecule has 176 valence electrons. The Morgan fingerprint density at radius 2 is 1.48 bits per heavy atom. The lowest BCUT2D eigenvalue weighted by Gasteiger charge is -2.31. The van der Waals surface area contributed by atoms with Crippen molar-refractivity contribution in [1.29, 1.82) is 0 Å². The number of benzene rings is 1. The maximum absolute atomic E-state index is 13.3. The van der Waals surface area contributed by atoms with E-state index in [4.69, 9.17) is 9.47 Å². The number of nitrogens with zero attached hydrogens (tertiary/aromatic N) is 4. The number of hydrogen-bond donors (Lipinski definition) is 0. The molecule has 2 atom stereocenters. The first-order chi connectivity index (χ1) is 15.4. The fourth-order valence-electron chi connectivity index (χ4n) is 3.51. The molecule has 0 fully saturated rings. The Morgan fingerprint density at radius 3 is 2.00 bits per heavy atom. The van der Waals surface area contributed by atoms with Crippen LogP contribution in [0.2, 0.25) is 0 Å². The normalized spacial score (nSPS) is 15.8. The van der Waals surface area contributed by atoms with E-state index in [0.717, 1.165) is 0 Å². The molecule has 0 spiro atoms. The van der Waals surface area contributed by atoms with E-state index in [0.29, 0.717) is 16.8 Å². The van der Waals surface area contributed by atoms with Crippen LogP contribution < -0.4 is 0 Å². The quantitative estimate of drug-likeness (QED) is 0.469. The summed E-state index contributed by atoms with van der Waals surface area (Å²) in [7, 11) is 0. The van der Waals surface area contributed by atoms with Crippen LogP contribution in [-0.4, -0.2) is 56.1 Å². The summed E-state index contributed by atoms with van der Waals surface area (Å²) in [5.41, 5.74) is 0.462. The molecule has 33 heavy (non-hydrogen) atoms. The zero-order valence-electron chi connectivity index (χ0n) is 20.4. The van der Waals surface area contributed by atoms with Gasteiger partial charge in [-0.25, -0.2) is 4.68 Å². The van der Waals surface area contributed by atoms with Gasteiger partial charge >= 0.3 is 0 Å². The zero-order chi connectivity index (χ0) is 24.4. The molecule has 2 aromatic rings. The van der Waals surface area contributed by atoms with E-state index in [1.165, 1.54) is 4.90 Å². The van der Waals surface area contributed by atoms with Gasteiger partial charge in [0.2, 0.25) is 0 Å². The first-order valence-electron chi connectivity index (χ1n) is 11.0. The Hall–Kier alpha value is -3.02. The van der Waals surface area contributed by atoms with Crippen molar-refractivity contribution in [3.8, 4) is 11.8 Å². The minimum Gasteiger partial charge on any atom is -0.373 e. The third kappa shape index (κ3) is 5.67. The molecule has 0 bridgehead atoms. The zero-order valence-corrected chi connectivity index (χ0v) is 20.4. The highest BCUT2D eigenvalue weighted by molar-refractivity contribution is 6.21. The van der Waals surface area contributed by atoms with Gasteiger partial charge < -0.3 is 9.47 Å². The Kier molecular flexibility index (Phi) is 7.06. The average Bonchev–Trinajstić information content (AvgIpc) is 3.29. The fourth-order valence-corrected chi connectivity index (χ4v) is 3.51. The second-order valence-electron chi connectivity index (χ2n) is 9.90. The topological polar surface area (TPSA) is 86.6 Å². The summed E-state index contributed by atoms with van der Waals surface area (Å²) in [6.07, 6.45) is 1.56. The van der Waals surface area contributed by atoms with E-state index in [9.17, 15) is 9.59 Å². The van der Waals surface area contributed by atoms with E-state index in [1.807, 2.05) is 41.5 Å². The van der Waals surface area contributed by atoms with Gasteiger partial charge in [-0.15, -0.1) is 11.0 Å². The number of aromatic nitrogens is 3. The van der Waals surface area contributed by atoms with Gasteiger partial charge in [0.15, 0.2) is 0 Å². The van der Waals surface area contributed by atoms with Crippen LogP contribution in [0.1, 0.15) is 87.0 Å². The minimum absolute atomic E-state index is 0.0920. The van der Waals surface area contributed by atoms with Gasteiger partial charge in [0, 0.05) is 0 Å². The number of hydrogen-bond acceptors (Lipinski definition) is 6. The average molecular weight is 453 g/mol. The fraction of sp³-hybridized carbons (Fsp3) is 0.520. The molecule has 8 heteroatoms. The number of imide groups is 1. The summed E-state index contributed by atoms with van der Waals surface area (Å²) >= 11 is 0. The van der Waals surface area contributed by atoms with Crippen LogP contribution in [0, 0.1) is 11.8 Å². The van der Waals surface area contributed by atoms with Crippen molar-refractivity contribution < 1.29 is 19.1 Å². The number of carbonyl (C=O) groups is 2. The molecule has 0 saturated heterocycles. The molecule has 1 aliphatic heterocycles. The van der Waals surface area contributed by atoms with Crippen LogP contribution in [0.15, 0.2) is 30.5 Å². The van der Waals surface area contributed by atoms with Crippen LogP contribution in [0.3, 0.4) is 0 Å². The summed E-state index contributed by atoms with van der Waals surface area (Å²) in [6.45, 7) is 13.8. The summed E-state index contributed by atoms with van der Waals surface area (Å²) in [5.74, 6) is 5.30. The van der Waals surface area contributed by atoms with Gasteiger partial charge in [0.25, 0.3) is 11.8 Å². The molecule has 2 amide bonds. The molecule has 1 aromatic carbocycles. The van der Waals surface area contributed by atoms with Crippen LogP contribution in [0.4, 0.5) is 0 Å². The number of fused-ring (bicyclic) bond motifs is 1. The maximum atomic E-state index is 13.3. The van der Waals surface area contributed by atoms with Crippen LogP contribution in [0.5, 0.6) is 0 Å². The third-order valence-corrected chi connectivity index (χ3v) is 5.04. The first-order valence-corrected chi connectivity index (χ1v) is 11.0. The Morgan fingerprint density at radius 1 is 0.939 bits per heavy atom. The highest BCUT2D eigenvalue weighted by Crippen LogP contribution is 2.33. The predicted molar refractivity (Wildman–Crippen MR) is 124 cm³/mol. The van der Waals surface area contributed by atoms with Gasteiger partial charge in [-0.1, -0.05) is 23.3 Å². The smallest absolute Gasteiger partial charge is 0.262 e. The molecule has 1 unspecified atom stereocenters. The van der Waals surface area contributed by atoms with Crippen molar-refractivity contribution in [2.24, 2.45) is 0 Å². The predicted octanol–water partition coefficient (Wildman–Crippen LogP) is 3.81. The molecule has 1 aliphatic rings. The number of carbonyl (C=O) groups excluding carboxylic acids is 2. The standard InChI is InChI=1S/C25H32N4O4/c1-8-11-17(15-32-24(2,3)4)29-20(14-26-27-29)21(16-33-25(5,6)7)28-22(30)18-12-9-10-13-19(18)23(28)31/h9-10,12-14,17,21H,15-16H2,1-7H3/t17-,21?/m0/s1.